The van der Waals surface area contributed by atoms with E-state index < -0.39 is 6.04 Å². The van der Waals surface area contributed by atoms with Crippen LogP contribution in [0.5, 0.6) is 17.2 Å². The van der Waals surface area contributed by atoms with Crippen LogP contribution in [0.3, 0.4) is 0 Å². The van der Waals surface area contributed by atoms with E-state index in [4.69, 9.17) is 19.2 Å². The molecule has 2 aromatic carbocycles. The Labute approximate surface area is 231 Å². The number of fused-ring (bicyclic) bond motifs is 1. The van der Waals surface area contributed by atoms with Crippen LogP contribution in [0.15, 0.2) is 76.2 Å². The molecular weight excluding hydrogens is 514 g/mol. The number of amides is 1. The molecule has 0 fully saturated rings. The van der Waals surface area contributed by atoms with Gasteiger partial charge in [0.15, 0.2) is 4.80 Å². The molecule has 0 bridgehead atoms. The van der Waals surface area contributed by atoms with Gasteiger partial charge in [-0.25, -0.2) is 4.99 Å². The van der Waals surface area contributed by atoms with Crippen LogP contribution < -0.4 is 29.1 Å². The lowest BCUT2D eigenvalue weighted by molar-refractivity contribution is -0.127. The molecule has 0 saturated carbocycles. The Bertz CT molecular complexity index is 1580. The SMILES string of the molecule is C=CCOc1ccc(/C=c2/sc3n(c2=O)[C@H](c2cc(OC)ccc2OC)C(C(=O)N(CC)CC)=C(C)N=3)cc1. The van der Waals surface area contributed by atoms with Crippen LogP contribution in [0.1, 0.15) is 37.9 Å². The third-order valence-electron chi connectivity index (χ3n) is 6.58. The average molecular weight is 548 g/mol. The van der Waals surface area contributed by atoms with Gasteiger partial charge in [-0.15, -0.1) is 0 Å². The molecule has 0 spiro atoms. The lowest BCUT2D eigenvalue weighted by atomic mass is 9.93. The lowest BCUT2D eigenvalue weighted by Gasteiger charge is -2.30. The van der Waals surface area contributed by atoms with E-state index in [9.17, 15) is 9.59 Å². The summed E-state index contributed by atoms with van der Waals surface area (Å²) in [5, 5.41) is 0. The molecule has 1 aliphatic heterocycles. The summed E-state index contributed by atoms with van der Waals surface area (Å²) in [4.78, 5) is 34.8. The van der Waals surface area contributed by atoms with Crippen molar-refractivity contribution in [1.82, 2.24) is 9.47 Å². The van der Waals surface area contributed by atoms with Crippen LogP contribution in [-0.2, 0) is 4.79 Å². The molecular formula is C30H33N3O5S. The maximum atomic E-state index is 14.0. The zero-order valence-electron chi connectivity index (χ0n) is 22.9. The Kier molecular flexibility index (Phi) is 8.71. The predicted octanol–water partition coefficient (Wildman–Crippen LogP) is 3.69. The summed E-state index contributed by atoms with van der Waals surface area (Å²) in [6, 6.07) is 12.1. The number of rotatable bonds is 10. The van der Waals surface area contributed by atoms with Crippen molar-refractivity contribution >= 4 is 23.3 Å². The van der Waals surface area contributed by atoms with E-state index >= 15 is 0 Å². The van der Waals surface area contributed by atoms with Crippen molar-refractivity contribution in [3.05, 3.63) is 97.2 Å². The van der Waals surface area contributed by atoms with Gasteiger partial charge in [-0.1, -0.05) is 36.1 Å². The van der Waals surface area contributed by atoms with Crippen LogP contribution in [0.25, 0.3) is 6.08 Å². The molecule has 1 aliphatic rings. The molecule has 204 valence electrons. The van der Waals surface area contributed by atoms with Crippen molar-refractivity contribution in [2.75, 3.05) is 33.9 Å². The summed E-state index contributed by atoms with van der Waals surface area (Å²) in [5.41, 5.74) is 2.26. The minimum Gasteiger partial charge on any atom is -0.497 e. The van der Waals surface area contributed by atoms with E-state index in [0.717, 1.165) is 5.56 Å². The number of carbonyl (C=O) groups excluding carboxylic acids is 1. The van der Waals surface area contributed by atoms with Gasteiger partial charge in [-0.05, 0) is 62.7 Å². The van der Waals surface area contributed by atoms with Gasteiger partial charge in [0.25, 0.3) is 11.5 Å². The molecule has 0 radical (unpaired) electrons. The first-order chi connectivity index (χ1) is 18.9. The molecule has 39 heavy (non-hydrogen) atoms. The molecule has 1 aromatic heterocycles. The van der Waals surface area contributed by atoms with Gasteiger partial charge < -0.3 is 19.1 Å². The number of ether oxygens (including phenoxy) is 3. The highest BCUT2D eigenvalue weighted by atomic mass is 32.1. The molecule has 4 rings (SSSR count). The number of benzene rings is 2. The summed E-state index contributed by atoms with van der Waals surface area (Å²) >= 11 is 1.29. The molecule has 2 heterocycles. The number of hydrogen-bond acceptors (Lipinski definition) is 7. The van der Waals surface area contributed by atoms with Crippen molar-refractivity contribution in [3.63, 3.8) is 0 Å². The number of likely N-dealkylation sites (N-methyl/N-ethyl adjacent to an activating group) is 1. The summed E-state index contributed by atoms with van der Waals surface area (Å²) in [6.45, 7) is 10.8. The number of aromatic nitrogens is 1. The number of nitrogens with zero attached hydrogens (tertiary/aromatic N) is 3. The molecule has 9 heteroatoms. The zero-order chi connectivity index (χ0) is 28.1. The number of allylic oxidation sites excluding steroid dienone is 1. The Morgan fingerprint density at radius 3 is 2.41 bits per heavy atom. The quantitative estimate of drug-likeness (QED) is 0.362. The van der Waals surface area contributed by atoms with E-state index in [-0.39, 0.29) is 11.5 Å². The van der Waals surface area contributed by atoms with Crippen molar-refractivity contribution in [2.24, 2.45) is 4.99 Å². The normalized spacial score (nSPS) is 14.9. The van der Waals surface area contributed by atoms with Crippen molar-refractivity contribution in [1.29, 1.82) is 0 Å². The molecule has 0 aliphatic carbocycles. The highest BCUT2D eigenvalue weighted by Gasteiger charge is 2.36. The van der Waals surface area contributed by atoms with Gasteiger partial charge in [0.1, 0.15) is 29.9 Å². The fraction of sp³-hybridized carbons (Fsp3) is 0.300. The maximum Gasteiger partial charge on any atom is 0.271 e. The maximum absolute atomic E-state index is 14.0. The summed E-state index contributed by atoms with van der Waals surface area (Å²) < 4.78 is 18.9. The Morgan fingerprint density at radius 2 is 1.79 bits per heavy atom. The first kappa shape index (κ1) is 27.9. The van der Waals surface area contributed by atoms with E-state index in [0.29, 0.717) is 63.1 Å². The highest BCUT2D eigenvalue weighted by molar-refractivity contribution is 7.07. The van der Waals surface area contributed by atoms with E-state index in [1.807, 2.05) is 57.2 Å². The molecule has 0 unspecified atom stereocenters. The largest absolute Gasteiger partial charge is 0.497 e. The third kappa shape index (κ3) is 5.54. The Balaban J connectivity index is 1.93. The van der Waals surface area contributed by atoms with Crippen molar-refractivity contribution in [3.8, 4) is 17.2 Å². The Hall–Kier alpha value is -4.11. The van der Waals surface area contributed by atoms with Gasteiger partial charge in [-0.2, -0.15) is 0 Å². The average Bonchev–Trinajstić information content (AvgIpc) is 3.25. The van der Waals surface area contributed by atoms with Crippen LogP contribution >= 0.6 is 11.3 Å². The van der Waals surface area contributed by atoms with E-state index in [2.05, 4.69) is 6.58 Å². The minimum absolute atomic E-state index is 0.166. The zero-order valence-corrected chi connectivity index (χ0v) is 23.7. The standard InChI is InChI=1S/C30H33N3O5S/c1-7-16-38-21-12-10-20(11-13-21)17-25-28(34)33-27(23-18-22(36-5)14-15-24(23)37-6)26(19(4)31-30(33)39-25)29(35)32(8-2)9-3/h7,10-15,17-18,27H,1,8-9,16H2,2-6H3/b25-17+/t27-/m1/s1. The second-order valence-corrected chi connectivity index (χ2v) is 9.84. The van der Waals surface area contributed by atoms with E-state index in [1.54, 1.807) is 41.9 Å². The molecule has 8 nitrogen and oxygen atoms in total. The molecule has 1 atom stereocenters. The predicted molar refractivity (Wildman–Crippen MR) is 153 cm³/mol. The number of thiazole rings is 1. The van der Waals surface area contributed by atoms with Crippen LogP contribution in [0, 0.1) is 0 Å². The number of methoxy groups -OCH3 is 2. The first-order valence-electron chi connectivity index (χ1n) is 12.7. The molecule has 0 saturated heterocycles. The summed E-state index contributed by atoms with van der Waals surface area (Å²) in [5.74, 6) is 1.69. The first-order valence-corrected chi connectivity index (χ1v) is 13.6. The van der Waals surface area contributed by atoms with Gasteiger partial charge in [0.05, 0.1) is 30.0 Å². The van der Waals surface area contributed by atoms with Crippen LogP contribution in [0.2, 0.25) is 0 Å². The smallest absolute Gasteiger partial charge is 0.271 e. The molecule has 0 N–H and O–H groups in total. The fourth-order valence-electron chi connectivity index (χ4n) is 4.59. The van der Waals surface area contributed by atoms with Crippen LogP contribution in [-0.4, -0.2) is 49.3 Å². The minimum atomic E-state index is -0.740. The van der Waals surface area contributed by atoms with Crippen LogP contribution in [0.4, 0.5) is 0 Å². The Morgan fingerprint density at radius 1 is 1.10 bits per heavy atom. The van der Waals surface area contributed by atoms with Gasteiger partial charge in [0.2, 0.25) is 0 Å². The van der Waals surface area contributed by atoms with E-state index in [1.165, 1.54) is 11.3 Å². The highest BCUT2D eigenvalue weighted by Crippen LogP contribution is 2.38. The van der Waals surface area contributed by atoms with Gasteiger partial charge >= 0.3 is 0 Å². The number of hydrogen-bond donors (Lipinski definition) is 0. The van der Waals surface area contributed by atoms with Gasteiger partial charge in [-0.3, -0.25) is 14.2 Å². The second kappa shape index (κ2) is 12.2. The molecule has 1 amide bonds. The topological polar surface area (TPSA) is 82.4 Å². The monoisotopic (exact) mass is 547 g/mol. The van der Waals surface area contributed by atoms with Crippen molar-refractivity contribution in [2.45, 2.75) is 26.8 Å². The fourth-order valence-corrected chi connectivity index (χ4v) is 5.64. The summed E-state index contributed by atoms with van der Waals surface area (Å²) in [7, 11) is 3.15. The second-order valence-electron chi connectivity index (χ2n) is 8.84. The molecule has 3 aromatic rings. The van der Waals surface area contributed by atoms with Gasteiger partial charge in [0, 0.05) is 18.7 Å². The van der Waals surface area contributed by atoms with Crippen molar-refractivity contribution < 1.29 is 19.0 Å². The summed E-state index contributed by atoms with van der Waals surface area (Å²) in [6.07, 6.45) is 3.51. The lowest BCUT2D eigenvalue weighted by Crippen LogP contribution is -2.43. The third-order valence-corrected chi connectivity index (χ3v) is 7.56. The number of carbonyl (C=O) groups is 1.